The van der Waals surface area contributed by atoms with E-state index in [0.717, 1.165) is 12.3 Å². The number of H-pyrrole nitrogens is 1. The van der Waals surface area contributed by atoms with E-state index in [1.807, 2.05) is 0 Å². The monoisotopic (exact) mass is 577 g/mol. The third-order valence-electron chi connectivity index (χ3n) is 6.37. The number of ether oxygens (including phenoxy) is 1. The number of alkyl halides is 6. The smallest absolute Gasteiger partial charge is 0.379 e. The molecule has 1 fully saturated rings. The molecule has 2 atom stereocenters. The minimum Gasteiger partial charge on any atom is -0.379 e. The first-order valence-corrected chi connectivity index (χ1v) is 12.1. The predicted molar refractivity (Wildman–Crippen MR) is 129 cm³/mol. The van der Waals surface area contributed by atoms with Gasteiger partial charge in [0, 0.05) is 38.3 Å². The number of aromatic nitrogens is 3. The normalized spacial score (nSPS) is 18.4. The Bertz CT molecular complexity index is 1320. The molecule has 0 unspecified atom stereocenters. The van der Waals surface area contributed by atoms with Crippen LogP contribution < -0.4 is 21.1 Å². The molecule has 0 bridgehead atoms. The van der Waals surface area contributed by atoms with Crippen LogP contribution in [-0.2, 0) is 26.7 Å². The zero-order valence-corrected chi connectivity index (χ0v) is 21.0. The maximum atomic E-state index is 13.2. The third-order valence-corrected chi connectivity index (χ3v) is 6.37. The average molecular weight is 577 g/mol. The van der Waals surface area contributed by atoms with Crippen LogP contribution in [0.25, 0.3) is 0 Å². The quantitative estimate of drug-likeness (QED) is 0.338. The maximum absolute atomic E-state index is 13.2. The Morgan fingerprint density at radius 2 is 1.93 bits per heavy atom. The molecule has 0 radical (unpaired) electrons. The number of fused-ring (bicyclic) bond motifs is 3. The van der Waals surface area contributed by atoms with Crippen molar-refractivity contribution in [2.24, 2.45) is 0 Å². The van der Waals surface area contributed by atoms with Crippen LogP contribution in [0.15, 0.2) is 23.3 Å². The van der Waals surface area contributed by atoms with Crippen molar-refractivity contribution in [3.05, 3.63) is 39.9 Å². The molecule has 2 aromatic rings. The van der Waals surface area contributed by atoms with Gasteiger partial charge in [-0.05, 0) is 13.0 Å². The largest absolute Gasteiger partial charge is 0.423 e. The molecule has 218 valence electrons. The molecule has 2 amide bonds. The van der Waals surface area contributed by atoms with E-state index in [2.05, 4.69) is 20.7 Å². The predicted octanol–water partition coefficient (Wildman–Crippen LogP) is 2.47. The van der Waals surface area contributed by atoms with Gasteiger partial charge in [0.15, 0.2) is 5.82 Å². The van der Waals surface area contributed by atoms with Gasteiger partial charge < -0.3 is 25.2 Å². The van der Waals surface area contributed by atoms with Crippen LogP contribution in [0.1, 0.15) is 30.9 Å². The number of amides is 2. The van der Waals surface area contributed by atoms with Crippen molar-refractivity contribution in [1.82, 2.24) is 20.1 Å². The Morgan fingerprint density at radius 1 is 1.18 bits per heavy atom. The molecule has 17 heteroatoms. The lowest BCUT2D eigenvalue weighted by Crippen LogP contribution is -2.55. The number of hydrogen-bond acceptors (Lipinski definition) is 8. The highest BCUT2D eigenvalue weighted by atomic mass is 19.4. The number of nitrogens with zero attached hydrogens (tertiary/aromatic N) is 4. The topological polar surface area (TPSA) is 133 Å². The van der Waals surface area contributed by atoms with Gasteiger partial charge in [-0.25, -0.2) is 10.1 Å². The standard InChI is InChI=1S/C23H25F6N7O4/c1-12(32-16-9-31-34-21(39)19(16)23(27,28)29)11-40-5-2-18(38)35-3-4-36-14(10-35)7-17(37)33-15-6-13(22(24,25)26)8-30-20(15)36/h6,8-9,12,14H,2-5,7,10-11H2,1H3,(H,33,37)(H2,32,34,39)/t12-,14+/m0/s1. The van der Waals surface area contributed by atoms with Crippen molar-refractivity contribution in [1.29, 1.82) is 0 Å². The highest BCUT2D eigenvalue weighted by Crippen LogP contribution is 2.37. The molecular formula is C23H25F6N7O4. The highest BCUT2D eigenvalue weighted by molar-refractivity contribution is 5.96. The zero-order chi connectivity index (χ0) is 29.2. The molecule has 0 aromatic carbocycles. The van der Waals surface area contributed by atoms with E-state index in [1.54, 1.807) is 10.00 Å². The summed E-state index contributed by atoms with van der Waals surface area (Å²) >= 11 is 0. The number of rotatable bonds is 7. The van der Waals surface area contributed by atoms with Gasteiger partial charge >= 0.3 is 12.4 Å². The van der Waals surface area contributed by atoms with E-state index in [4.69, 9.17) is 4.74 Å². The molecule has 2 aromatic heterocycles. The van der Waals surface area contributed by atoms with Gasteiger partial charge in [-0.1, -0.05) is 0 Å². The van der Waals surface area contributed by atoms with Crippen LogP contribution in [0.5, 0.6) is 0 Å². The van der Waals surface area contributed by atoms with E-state index in [-0.39, 0.29) is 63.1 Å². The summed E-state index contributed by atoms with van der Waals surface area (Å²) in [5, 5.41) is 10.1. The van der Waals surface area contributed by atoms with Gasteiger partial charge in [0.1, 0.15) is 5.56 Å². The number of anilines is 3. The zero-order valence-electron chi connectivity index (χ0n) is 21.0. The molecule has 0 spiro atoms. The lowest BCUT2D eigenvalue weighted by molar-refractivity contribution is -0.138. The van der Waals surface area contributed by atoms with Crippen molar-refractivity contribution in [3.8, 4) is 0 Å². The summed E-state index contributed by atoms with van der Waals surface area (Å²) in [4.78, 5) is 43.9. The number of carbonyl (C=O) groups excluding carboxylic acids is 2. The van der Waals surface area contributed by atoms with Gasteiger partial charge in [0.25, 0.3) is 5.56 Å². The Morgan fingerprint density at radius 3 is 2.62 bits per heavy atom. The Labute approximate surface area is 222 Å². The second-order valence-corrected chi connectivity index (χ2v) is 9.39. The van der Waals surface area contributed by atoms with Gasteiger partial charge in [-0.3, -0.25) is 14.4 Å². The van der Waals surface area contributed by atoms with E-state index in [9.17, 15) is 40.7 Å². The molecule has 0 aliphatic carbocycles. The number of pyridine rings is 1. The molecule has 4 heterocycles. The summed E-state index contributed by atoms with van der Waals surface area (Å²) in [6.07, 6.45) is -8.06. The molecule has 3 N–H and O–H groups in total. The van der Waals surface area contributed by atoms with Crippen LogP contribution in [0.4, 0.5) is 43.5 Å². The van der Waals surface area contributed by atoms with Crippen molar-refractivity contribution in [3.63, 3.8) is 0 Å². The Hall–Kier alpha value is -3.89. The van der Waals surface area contributed by atoms with Gasteiger partial charge in [-0.2, -0.15) is 31.4 Å². The lowest BCUT2D eigenvalue weighted by atomic mass is 10.1. The van der Waals surface area contributed by atoms with Gasteiger partial charge in [-0.15, -0.1) is 0 Å². The molecule has 4 rings (SSSR count). The van der Waals surface area contributed by atoms with Crippen molar-refractivity contribution >= 4 is 29.0 Å². The van der Waals surface area contributed by atoms with Crippen molar-refractivity contribution in [2.75, 3.05) is 48.4 Å². The number of carbonyl (C=O) groups is 2. The van der Waals surface area contributed by atoms with Crippen LogP contribution in [-0.4, -0.2) is 76.8 Å². The lowest BCUT2D eigenvalue weighted by Gasteiger charge is -2.41. The summed E-state index contributed by atoms with van der Waals surface area (Å²) in [5.74, 6) is -0.591. The first-order chi connectivity index (χ1) is 18.7. The summed E-state index contributed by atoms with van der Waals surface area (Å²) < 4.78 is 84.3. The molecule has 11 nitrogen and oxygen atoms in total. The van der Waals surface area contributed by atoms with Crippen LogP contribution in [0.2, 0.25) is 0 Å². The number of nitrogens with one attached hydrogen (secondary N) is 3. The second kappa shape index (κ2) is 11.3. The van der Waals surface area contributed by atoms with Crippen molar-refractivity contribution < 1.29 is 40.7 Å². The summed E-state index contributed by atoms with van der Waals surface area (Å²) in [5.41, 5.74) is -4.32. The van der Waals surface area contributed by atoms with Crippen LogP contribution in [0.3, 0.4) is 0 Å². The summed E-state index contributed by atoms with van der Waals surface area (Å²) in [6.45, 7) is 2.03. The van der Waals surface area contributed by atoms with Crippen LogP contribution in [0, 0.1) is 0 Å². The fourth-order valence-electron chi connectivity index (χ4n) is 4.56. The fourth-order valence-corrected chi connectivity index (χ4v) is 4.56. The SMILES string of the molecule is C[C@@H](COCCC(=O)N1CCN2c3ncc(C(F)(F)F)cc3NC(=O)C[C@@H]2C1)Nc1cn[nH]c(=O)c1C(F)(F)F. The van der Waals surface area contributed by atoms with E-state index in [1.165, 1.54) is 11.8 Å². The molecule has 2 aliphatic heterocycles. The van der Waals surface area contributed by atoms with Gasteiger partial charge in [0.05, 0.1) is 48.8 Å². The number of piperazine rings is 1. The maximum Gasteiger partial charge on any atom is 0.423 e. The number of hydrogen-bond donors (Lipinski definition) is 3. The molecule has 2 aliphatic rings. The van der Waals surface area contributed by atoms with Crippen molar-refractivity contribution in [2.45, 2.75) is 44.2 Å². The number of halogens is 6. The first kappa shape index (κ1) is 29.1. The highest BCUT2D eigenvalue weighted by Gasteiger charge is 2.39. The molecule has 1 saturated heterocycles. The summed E-state index contributed by atoms with van der Waals surface area (Å²) in [6, 6.07) is -0.319. The van der Waals surface area contributed by atoms with Crippen LogP contribution >= 0.6 is 0 Å². The minimum absolute atomic E-state index is 0.0411. The van der Waals surface area contributed by atoms with E-state index >= 15 is 0 Å². The Kier molecular flexibility index (Phi) is 8.23. The third kappa shape index (κ3) is 6.63. The fraction of sp³-hybridized carbons (Fsp3) is 0.522. The first-order valence-electron chi connectivity index (χ1n) is 12.1. The van der Waals surface area contributed by atoms with E-state index in [0.29, 0.717) is 6.20 Å². The average Bonchev–Trinajstić information content (AvgIpc) is 2.99. The number of aromatic amines is 1. The molecular weight excluding hydrogens is 552 g/mol. The molecule has 40 heavy (non-hydrogen) atoms. The minimum atomic E-state index is -4.89. The summed E-state index contributed by atoms with van der Waals surface area (Å²) in [7, 11) is 0. The van der Waals surface area contributed by atoms with E-state index < -0.39 is 52.7 Å². The molecule has 0 saturated carbocycles. The Balaban J connectivity index is 1.29. The second-order valence-electron chi connectivity index (χ2n) is 9.39. The van der Waals surface area contributed by atoms with Gasteiger partial charge in [0.2, 0.25) is 11.8 Å².